The van der Waals surface area contributed by atoms with Crippen molar-refractivity contribution in [2.45, 2.75) is 6.54 Å². The fourth-order valence-corrected chi connectivity index (χ4v) is 2.15. The van der Waals surface area contributed by atoms with E-state index in [0.29, 0.717) is 19.6 Å². The number of carbonyl (C=O) groups is 1. The molecule has 21 heavy (non-hydrogen) atoms. The van der Waals surface area contributed by atoms with Gasteiger partial charge >= 0.3 is 0 Å². The minimum atomic E-state index is -0.433. The zero-order valence-corrected chi connectivity index (χ0v) is 11.8. The minimum absolute atomic E-state index is 0.0205. The summed E-state index contributed by atoms with van der Waals surface area (Å²) < 4.78 is 0. The summed E-state index contributed by atoms with van der Waals surface area (Å²) in [6.07, 6.45) is 0. The molecule has 0 atom stereocenters. The largest absolute Gasteiger partial charge is 0.384 e. The van der Waals surface area contributed by atoms with E-state index in [0.717, 1.165) is 18.7 Å². The Bertz CT molecular complexity index is 555. The number of hydrogen-bond acceptors (Lipinski definition) is 5. The quantitative estimate of drug-likeness (QED) is 0.530. The molecule has 0 spiro atoms. The van der Waals surface area contributed by atoms with Gasteiger partial charge in [0.1, 0.15) is 11.9 Å². The predicted octanol–water partition coefficient (Wildman–Crippen LogP) is -0.0981. The van der Waals surface area contributed by atoms with Crippen molar-refractivity contribution in [2.75, 3.05) is 26.2 Å². The summed E-state index contributed by atoms with van der Waals surface area (Å²) in [5, 5.41) is 15.1. The standard InChI is InChI=1S/C15H19N5O/c16-10-13(14(17)20-8-6-18-7-9-20)15(21)19-11-12-4-2-1-3-5-12/h1-5,18H,6-9,11,17H2,(H,19,21)/b14-13+. The van der Waals surface area contributed by atoms with Gasteiger partial charge in [-0.25, -0.2) is 0 Å². The first kappa shape index (κ1) is 14.9. The van der Waals surface area contributed by atoms with E-state index in [1.807, 2.05) is 41.3 Å². The molecule has 110 valence electrons. The third kappa shape index (κ3) is 3.97. The number of carbonyl (C=O) groups excluding carboxylic acids is 1. The maximum atomic E-state index is 12.1. The van der Waals surface area contributed by atoms with E-state index in [9.17, 15) is 10.1 Å². The summed E-state index contributed by atoms with van der Waals surface area (Å²) in [5.41, 5.74) is 6.92. The zero-order valence-electron chi connectivity index (χ0n) is 11.8. The Morgan fingerprint density at radius 3 is 2.62 bits per heavy atom. The number of nitriles is 1. The van der Waals surface area contributed by atoms with E-state index in [2.05, 4.69) is 10.6 Å². The van der Waals surface area contributed by atoms with Gasteiger partial charge in [0.2, 0.25) is 0 Å². The molecular weight excluding hydrogens is 266 g/mol. The van der Waals surface area contributed by atoms with Crippen LogP contribution in [0.15, 0.2) is 41.7 Å². The van der Waals surface area contributed by atoms with Gasteiger partial charge in [-0.15, -0.1) is 0 Å². The summed E-state index contributed by atoms with van der Waals surface area (Å²) >= 11 is 0. The molecule has 1 fully saturated rings. The Morgan fingerprint density at radius 1 is 1.33 bits per heavy atom. The van der Waals surface area contributed by atoms with Crippen molar-refractivity contribution in [3.63, 3.8) is 0 Å². The lowest BCUT2D eigenvalue weighted by Crippen LogP contribution is -2.45. The normalized spacial score (nSPS) is 15.9. The topological polar surface area (TPSA) is 94.2 Å². The van der Waals surface area contributed by atoms with Crippen molar-refractivity contribution in [3.05, 3.63) is 47.3 Å². The van der Waals surface area contributed by atoms with Crippen molar-refractivity contribution in [2.24, 2.45) is 5.73 Å². The van der Waals surface area contributed by atoms with E-state index in [-0.39, 0.29) is 11.4 Å². The van der Waals surface area contributed by atoms with Crippen molar-refractivity contribution >= 4 is 5.91 Å². The van der Waals surface area contributed by atoms with Crippen molar-refractivity contribution in [3.8, 4) is 6.07 Å². The summed E-state index contributed by atoms with van der Waals surface area (Å²) in [7, 11) is 0. The van der Waals surface area contributed by atoms with Crippen LogP contribution in [0.2, 0.25) is 0 Å². The van der Waals surface area contributed by atoms with E-state index in [1.54, 1.807) is 0 Å². The fraction of sp³-hybridized carbons (Fsp3) is 0.333. The number of nitrogens with one attached hydrogen (secondary N) is 2. The van der Waals surface area contributed by atoms with Gasteiger partial charge in [-0.05, 0) is 5.56 Å². The molecule has 6 heteroatoms. The van der Waals surface area contributed by atoms with Gasteiger partial charge < -0.3 is 21.3 Å². The van der Waals surface area contributed by atoms with Crippen LogP contribution < -0.4 is 16.4 Å². The van der Waals surface area contributed by atoms with Crippen molar-refractivity contribution < 1.29 is 4.79 Å². The lowest BCUT2D eigenvalue weighted by atomic mass is 10.2. The Balaban J connectivity index is 2.02. The molecule has 1 aliphatic rings. The molecule has 0 radical (unpaired) electrons. The first-order chi connectivity index (χ1) is 10.2. The van der Waals surface area contributed by atoms with Crippen molar-refractivity contribution in [1.82, 2.24) is 15.5 Å². The van der Waals surface area contributed by atoms with Crippen molar-refractivity contribution in [1.29, 1.82) is 5.26 Å². The predicted molar refractivity (Wildman–Crippen MR) is 79.6 cm³/mol. The van der Waals surface area contributed by atoms with Crippen LogP contribution in [0.3, 0.4) is 0 Å². The highest BCUT2D eigenvalue weighted by Gasteiger charge is 2.19. The average molecular weight is 285 g/mol. The molecule has 2 rings (SSSR count). The van der Waals surface area contributed by atoms with Crippen LogP contribution in [0.1, 0.15) is 5.56 Å². The molecule has 0 aromatic heterocycles. The van der Waals surface area contributed by atoms with E-state index >= 15 is 0 Å². The number of piperazine rings is 1. The lowest BCUT2D eigenvalue weighted by molar-refractivity contribution is -0.117. The molecule has 0 aliphatic carbocycles. The summed E-state index contributed by atoms with van der Waals surface area (Å²) in [5.74, 6) is -0.179. The van der Waals surface area contributed by atoms with Crippen LogP contribution in [0.25, 0.3) is 0 Å². The number of amides is 1. The molecule has 1 aromatic rings. The second kappa shape index (κ2) is 7.31. The van der Waals surface area contributed by atoms with Crippen LogP contribution >= 0.6 is 0 Å². The molecule has 1 saturated heterocycles. The fourth-order valence-electron chi connectivity index (χ4n) is 2.15. The third-order valence-corrected chi connectivity index (χ3v) is 3.35. The number of rotatable bonds is 4. The van der Waals surface area contributed by atoms with Gasteiger partial charge in [-0.3, -0.25) is 4.79 Å². The van der Waals surface area contributed by atoms with Gasteiger partial charge in [-0.1, -0.05) is 30.3 Å². The van der Waals surface area contributed by atoms with Gasteiger partial charge in [0.05, 0.1) is 0 Å². The van der Waals surface area contributed by atoms with E-state index in [1.165, 1.54) is 0 Å². The number of nitrogens with zero attached hydrogens (tertiary/aromatic N) is 2. The maximum absolute atomic E-state index is 12.1. The van der Waals surface area contributed by atoms with E-state index < -0.39 is 5.91 Å². The zero-order chi connectivity index (χ0) is 15.1. The van der Waals surface area contributed by atoms with Crippen LogP contribution in [-0.2, 0) is 11.3 Å². The Labute approximate surface area is 124 Å². The second-order valence-corrected chi connectivity index (χ2v) is 4.78. The number of hydrogen-bond donors (Lipinski definition) is 3. The van der Waals surface area contributed by atoms with Gasteiger partial charge in [0.25, 0.3) is 5.91 Å². The van der Waals surface area contributed by atoms with E-state index in [4.69, 9.17) is 5.73 Å². The summed E-state index contributed by atoms with van der Waals surface area (Å²) in [6.45, 7) is 3.36. The van der Waals surface area contributed by atoms with Crippen LogP contribution in [0, 0.1) is 11.3 Å². The van der Waals surface area contributed by atoms with Gasteiger partial charge in [-0.2, -0.15) is 5.26 Å². The molecule has 1 heterocycles. The smallest absolute Gasteiger partial charge is 0.265 e. The highest BCUT2D eigenvalue weighted by atomic mass is 16.1. The molecule has 0 unspecified atom stereocenters. The second-order valence-electron chi connectivity index (χ2n) is 4.78. The Morgan fingerprint density at radius 2 is 2.00 bits per heavy atom. The van der Waals surface area contributed by atoms with Crippen LogP contribution in [-0.4, -0.2) is 37.0 Å². The van der Waals surface area contributed by atoms with Crippen LogP contribution in [0.5, 0.6) is 0 Å². The molecule has 0 saturated carbocycles. The summed E-state index contributed by atoms with van der Waals surface area (Å²) in [4.78, 5) is 14.0. The molecule has 1 amide bonds. The van der Waals surface area contributed by atoms with Gasteiger partial charge in [0.15, 0.2) is 5.57 Å². The molecule has 4 N–H and O–H groups in total. The third-order valence-electron chi connectivity index (χ3n) is 3.35. The highest BCUT2D eigenvalue weighted by molar-refractivity contribution is 5.97. The summed E-state index contributed by atoms with van der Waals surface area (Å²) in [6, 6.07) is 11.5. The average Bonchev–Trinajstić information content (AvgIpc) is 2.55. The molecule has 1 aromatic carbocycles. The molecule has 0 bridgehead atoms. The SMILES string of the molecule is N#C/C(C(=O)NCc1ccccc1)=C(/N)N1CCNCC1. The van der Waals surface area contributed by atoms with Gasteiger partial charge in [0, 0.05) is 32.7 Å². The Hall–Kier alpha value is -2.52. The first-order valence-corrected chi connectivity index (χ1v) is 6.90. The monoisotopic (exact) mass is 285 g/mol. The molecule has 6 nitrogen and oxygen atoms in total. The molecule has 1 aliphatic heterocycles. The molecular formula is C15H19N5O. The number of nitrogens with two attached hydrogens (primary N) is 1. The lowest BCUT2D eigenvalue weighted by Gasteiger charge is -2.29. The first-order valence-electron chi connectivity index (χ1n) is 6.90. The maximum Gasteiger partial charge on any atom is 0.265 e. The minimum Gasteiger partial charge on any atom is -0.384 e. The Kier molecular flexibility index (Phi) is 5.18. The van der Waals surface area contributed by atoms with Crippen LogP contribution in [0.4, 0.5) is 0 Å². The highest BCUT2D eigenvalue weighted by Crippen LogP contribution is 2.07. The number of benzene rings is 1.